The number of likely N-dealkylation sites (tertiary alicyclic amines) is 1. The Morgan fingerprint density at radius 3 is 2.33 bits per heavy atom. The predicted octanol–water partition coefficient (Wildman–Crippen LogP) is 4.53. The van der Waals surface area contributed by atoms with Crippen molar-refractivity contribution in [2.24, 2.45) is 0 Å². The molecule has 3 fully saturated rings. The SMILES string of the molecule is CCN(C)S(=O)(=O)Nc1ccc(F)c(C(=O)c2c[nH]c3ncc(-c4cnc(N5CCC(N(C)CC(=O)N6CCC(c7ccc(NC8CCCNC8=O)cn7)CC6)CC5)nc4)cc23)c1F. The first-order valence-electron chi connectivity index (χ1n) is 21.6. The lowest BCUT2D eigenvalue weighted by Crippen LogP contribution is -2.48. The van der Waals surface area contributed by atoms with Crippen LogP contribution in [0, 0.1) is 11.6 Å². The average Bonchev–Trinajstić information content (AvgIpc) is 3.74. The van der Waals surface area contributed by atoms with E-state index in [-0.39, 0.29) is 41.9 Å². The van der Waals surface area contributed by atoms with Gasteiger partial charge >= 0.3 is 10.2 Å². The molecule has 0 aliphatic carbocycles. The number of aromatic amines is 1. The Bertz CT molecular complexity index is 2620. The van der Waals surface area contributed by atoms with E-state index in [0.717, 1.165) is 72.9 Å². The Kier molecular flexibility index (Phi) is 13.2. The summed E-state index contributed by atoms with van der Waals surface area (Å²) >= 11 is 0. The van der Waals surface area contributed by atoms with Crippen LogP contribution in [0.2, 0.25) is 0 Å². The van der Waals surface area contributed by atoms with Gasteiger partial charge in [0.15, 0.2) is 5.82 Å². The third-order valence-corrected chi connectivity index (χ3v) is 14.2. The van der Waals surface area contributed by atoms with Crippen LogP contribution in [0.5, 0.6) is 0 Å². The number of benzene rings is 1. The fourth-order valence-corrected chi connectivity index (χ4v) is 9.49. The monoisotopic (exact) mass is 898 g/mol. The van der Waals surface area contributed by atoms with Gasteiger partial charge in [-0.3, -0.25) is 29.0 Å². The smallest absolute Gasteiger partial charge is 0.301 e. The van der Waals surface area contributed by atoms with E-state index in [9.17, 15) is 22.8 Å². The molecule has 0 bridgehead atoms. The Labute approximate surface area is 370 Å². The summed E-state index contributed by atoms with van der Waals surface area (Å²) < 4.78 is 58.8. The molecule has 7 heterocycles. The Morgan fingerprint density at radius 1 is 0.906 bits per heavy atom. The van der Waals surface area contributed by atoms with E-state index in [1.54, 1.807) is 37.8 Å². The van der Waals surface area contributed by atoms with Crippen molar-refractivity contribution in [3.05, 3.63) is 89.8 Å². The lowest BCUT2D eigenvalue weighted by molar-refractivity contribution is -0.133. The second-order valence-corrected chi connectivity index (χ2v) is 18.4. The molecule has 4 aromatic heterocycles. The zero-order chi connectivity index (χ0) is 45.1. The number of likely N-dealkylation sites (N-methyl/N-ethyl adjacent to an activating group) is 1. The van der Waals surface area contributed by atoms with Crippen LogP contribution in [0.15, 0.2) is 61.3 Å². The highest BCUT2D eigenvalue weighted by Gasteiger charge is 2.30. The van der Waals surface area contributed by atoms with Gasteiger partial charge in [0.25, 0.3) is 0 Å². The molecule has 2 amide bonds. The number of hydrogen-bond donors (Lipinski definition) is 4. The molecule has 338 valence electrons. The molecule has 17 nitrogen and oxygen atoms in total. The van der Waals surface area contributed by atoms with E-state index >= 15 is 8.78 Å². The van der Waals surface area contributed by atoms with Crippen LogP contribution in [0.3, 0.4) is 0 Å². The summed E-state index contributed by atoms with van der Waals surface area (Å²) in [5.74, 6) is -2.50. The molecule has 0 spiro atoms. The number of nitrogens with zero attached hydrogens (tertiary/aromatic N) is 8. The number of amides is 2. The zero-order valence-electron chi connectivity index (χ0n) is 36.0. The number of aromatic nitrogens is 5. The van der Waals surface area contributed by atoms with Crippen molar-refractivity contribution in [3.8, 4) is 11.1 Å². The van der Waals surface area contributed by atoms with E-state index < -0.39 is 38.9 Å². The molecule has 8 rings (SSSR count). The highest BCUT2D eigenvalue weighted by Crippen LogP contribution is 2.31. The Balaban J connectivity index is 0.831. The van der Waals surface area contributed by atoms with E-state index in [2.05, 4.69) is 45.1 Å². The van der Waals surface area contributed by atoms with Crippen molar-refractivity contribution in [1.82, 2.24) is 44.3 Å². The van der Waals surface area contributed by atoms with E-state index in [0.29, 0.717) is 60.8 Å². The van der Waals surface area contributed by atoms with Crippen molar-refractivity contribution >= 4 is 56.2 Å². The number of carbonyl (C=O) groups excluding carboxylic acids is 3. The molecule has 1 aromatic carbocycles. The zero-order valence-corrected chi connectivity index (χ0v) is 36.8. The third kappa shape index (κ3) is 9.53. The molecule has 3 saturated heterocycles. The number of piperidine rings is 3. The van der Waals surface area contributed by atoms with Crippen molar-refractivity contribution < 1.29 is 31.6 Å². The number of fused-ring (bicyclic) bond motifs is 1. The molecule has 0 radical (unpaired) electrons. The van der Waals surface area contributed by atoms with Gasteiger partial charge in [-0.2, -0.15) is 12.7 Å². The van der Waals surface area contributed by atoms with E-state index in [1.165, 1.54) is 13.2 Å². The van der Waals surface area contributed by atoms with Crippen molar-refractivity contribution in [3.63, 3.8) is 0 Å². The standard InChI is InChI=1S/C44H52F2N12O5S/c1-4-56(3)64(62,63)54-36-10-8-34(45)39(40(36)46)41(60)33-25-50-42-32(33)20-28(21-49-42)29-22-51-44(52-23-29)58-18-13-31(14-19-58)55(2)26-38(59)57-16-11-27(12-17-57)35-9-7-30(24-48-35)53-37-6-5-15-47-43(37)61/h7-10,20-25,27,31,37,53-54H,4-6,11-19,26H2,1-3H3,(H,47,61)(H,49,50). The molecule has 3 aliphatic heterocycles. The first-order chi connectivity index (χ1) is 30.8. The fourth-order valence-electron chi connectivity index (χ4n) is 8.56. The summed E-state index contributed by atoms with van der Waals surface area (Å²) in [4.78, 5) is 66.6. The third-order valence-electron chi connectivity index (χ3n) is 12.6. The Morgan fingerprint density at radius 2 is 1.64 bits per heavy atom. The number of rotatable bonds is 14. The minimum absolute atomic E-state index is 0.0240. The van der Waals surface area contributed by atoms with Crippen LogP contribution in [-0.4, -0.2) is 137 Å². The average molecular weight is 899 g/mol. The molecule has 3 aliphatic rings. The molecule has 5 aromatic rings. The van der Waals surface area contributed by atoms with Gasteiger partial charge < -0.3 is 25.4 Å². The molecule has 0 saturated carbocycles. The number of pyridine rings is 2. The first-order valence-corrected chi connectivity index (χ1v) is 23.0. The highest BCUT2D eigenvalue weighted by molar-refractivity contribution is 7.90. The molecule has 4 N–H and O–H groups in total. The number of H-pyrrole nitrogens is 1. The molecule has 64 heavy (non-hydrogen) atoms. The van der Waals surface area contributed by atoms with Crippen LogP contribution in [0.25, 0.3) is 22.2 Å². The van der Waals surface area contributed by atoms with Gasteiger partial charge in [-0.1, -0.05) is 6.92 Å². The van der Waals surface area contributed by atoms with Crippen LogP contribution in [0.1, 0.15) is 73.0 Å². The predicted molar refractivity (Wildman–Crippen MR) is 238 cm³/mol. The van der Waals surface area contributed by atoms with Gasteiger partial charge in [-0.25, -0.2) is 23.7 Å². The lowest BCUT2D eigenvalue weighted by Gasteiger charge is -2.38. The minimum atomic E-state index is -4.15. The topological polar surface area (TPSA) is 202 Å². The Hall–Kier alpha value is -6.12. The van der Waals surface area contributed by atoms with Crippen LogP contribution in [-0.2, 0) is 19.8 Å². The second kappa shape index (κ2) is 18.9. The summed E-state index contributed by atoms with van der Waals surface area (Å²) in [5.41, 5.74) is 1.80. The van der Waals surface area contributed by atoms with Gasteiger partial charge in [-0.05, 0) is 75.9 Å². The van der Waals surface area contributed by atoms with Crippen molar-refractivity contribution in [1.29, 1.82) is 0 Å². The van der Waals surface area contributed by atoms with Crippen LogP contribution >= 0.6 is 0 Å². The van der Waals surface area contributed by atoms with Gasteiger partial charge in [0.2, 0.25) is 23.5 Å². The quantitative estimate of drug-likeness (QED) is 0.114. The van der Waals surface area contributed by atoms with Gasteiger partial charge in [-0.15, -0.1) is 0 Å². The minimum Gasteiger partial charge on any atom is -0.372 e. The van der Waals surface area contributed by atoms with Crippen LogP contribution < -0.4 is 20.3 Å². The highest BCUT2D eigenvalue weighted by atomic mass is 32.2. The molecule has 20 heteroatoms. The molecular formula is C44H52F2N12O5S. The molecular weight excluding hydrogens is 847 g/mol. The lowest BCUT2D eigenvalue weighted by atomic mass is 9.93. The normalized spacial score (nSPS) is 17.9. The van der Waals surface area contributed by atoms with Gasteiger partial charge in [0, 0.05) is 111 Å². The maximum absolute atomic E-state index is 15.6. The molecule has 1 atom stereocenters. The van der Waals surface area contributed by atoms with Gasteiger partial charge in [0.05, 0.1) is 29.7 Å². The van der Waals surface area contributed by atoms with Gasteiger partial charge in [0.1, 0.15) is 17.5 Å². The first kappa shape index (κ1) is 44.5. The maximum atomic E-state index is 15.6. The van der Waals surface area contributed by atoms with Crippen molar-refractivity contribution in [2.75, 3.05) is 74.8 Å². The summed E-state index contributed by atoms with van der Waals surface area (Å²) in [6, 6.07) is 7.43. The van der Waals surface area contributed by atoms with E-state index in [1.807, 2.05) is 24.1 Å². The maximum Gasteiger partial charge on any atom is 0.301 e. The fraction of sp³-hybridized carbons (Fsp3) is 0.432. The number of carbonyl (C=O) groups is 3. The second-order valence-electron chi connectivity index (χ2n) is 16.6. The summed E-state index contributed by atoms with van der Waals surface area (Å²) in [5, 5.41) is 6.49. The number of hydrogen-bond acceptors (Lipinski definition) is 12. The van der Waals surface area contributed by atoms with Crippen molar-refractivity contribution in [2.45, 2.75) is 63.5 Å². The number of ketones is 1. The largest absolute Gasteiger partial charge is 0.372 e. The van der Waals surface area contributed by atoms with Crippen LogP contribution in [0.4, 0.5) is 26.1 Å². The summed E-state index contributed by atoms with van der Waals surface area (Å²) in [7, 11) is -0.846. The number of halogens is 2. The number of anilines is 3. The van der Waals surface area contributed by atoms with E-state index in [4.69, 9.17) is 4.98 Å². The molecule has 1 unspecified atom stereocenters. The summed E-state index contributed by atoms with van der Waals surface area (Å²) in [6.07, 6.45) is 13.1. The summed E-state index contributed by atoms with van der Waals surface area (Å²) in [6.45, 7) is 5.54. The number of nitrogens with one attached hydrogen (secondary N) is 4.